The highest BCUT2D eigenvalue weighted by atomic mass is 16.5. The maximum atomic E-state index is 5.46. The zero-order valence-electron chi connectivity index (χ0n) is 11.9. The Kier molecular flexibility index (Phi) is 4.03. The van der Waals surface area contributed by atoms with E-state index in [2.05, 4.69) is 41.7 Å². The molecule has 0 saturated carbocycles. The number of aryl methyl sites for hydroxylation is 1. The van der Waals surface area contributed by atoms with Gasteiger partial charge in [-0.15, -0.1) is 0 Å². The molecule has 104 valence electrons. The van der Waals surface area contributed by atoms with Gasteiger partial charge < -0.3 is 10.1 Å². The SMILES string of the molecule is CCOc1ccc(CNC2CCc3ccccc32)cc1. The summed E-state index contributed by atoms with van der Waals surface area (Å²) in [5.41, 5.74) is 4.27. The molecule has 0 aromatic heterocycles. The molecule has 0 amide bonds. The Hall–Kier alpha value is -1.80. The van der Waals surface area contributed by atoms with E-state index >= 15 is 0 Å². The van der Waals surface area contributed by atoms with E-state index in [9.17, 15) is 0 Å². The Morgan fingerprint density at radius 2 is 1.90 bits per heavy atom. The van der Waals surface area contributed by atoms with Gasteiger partial charge in [0.05, 0.1) is 6.61 Å². The van der Waals surface area contributed by atoms with Gasteiger partial charge in [0.1, 0.15) is 5.75 Å². The Labute approximate surface area is 120 Å². The first kappa shape index (κ1) is 13.2. The minimum absolute atomic E-state index is 0.498. The summed E-state index contributed by atoms with van der Waals surface area (Å²) in [5.74, 6) is 0.947. The third-order valence-corrected chi connectivity index (χ3v) is 3.92. The number of ether oxygens (including phenoxy) is 1. The van der Waals surface area contributed by atoms with Crippen LogP contribution in [0.4, 0.5) is 0 Å². The van der Waals surface area contributed by atoms with Crippen LogP contribution in [-0.2, 0) is 13.0 Å². The van der Waals surface area contributed by atoms with E-state index in [1.807, 2.05) is 19.1 Å². The van der Waals surface area contributed by atoms with Crippen molar-refractivity contribution in [3.05, 3.63) is 65.2 Å². The molecular formula is C18H21NO. The fourth-order valence-electron chi connectivity index (χ4n) is 2.88. The fourth-order valence-corrected chi connectivity index (χ4v) is 2.88. The molecule has 2 nitrogen and oxygen atoms in total. The number of nitrogens with one attached hydrogen (secondary N) is 1. The van der Waals surface area contributed by atoms with Gasteiger partial charge in [-0.05, 0) is 48.6 Å². The van der Waals surface area contributed by atoms with Crippen LogP contribution in [-0.4, -0.2) is 6.61 Å². The minimum atomic E-state index is 0.498. The van der Waals surface area contributed by atoms with Gasteiger partial charge in [0, 0.05) is 12.6 Å². The van der Waals surface area contributed by atoms with Gasteiger partial charge in [0.25, 0.3) is 0 Å². The topological polar surface area (TPSA) is 21.3 Å². The van der Waals surface area contributed by atoms with Gasteiger partial charge in [0.15, 0.2) is 0 Å². The molecule has 0 fully saturated rings. The highest BCUT2D eigenvalue weighted by molar-refractivity contribution is 5.34. The second kappa shape index (κ2) is 6.10. The molecule has 1 atom stereocenters. The summed E-state index contributed by atoms with van der Waals surface area (Å²) in [7, 11) is 0. The van der Waals surface area contributed by atoms with Crippen LogP contribution < -0.4 is 10.1 Å². The highest BCUT2D eigenvalue weighted by Crippen LogP contribution is 2.30. The molecule has 1 aliphatic carbocycles. The lowest BCUT2D eigenvalue weighted by Gasteiger charge is -2.14. The largest absolute Gasteiger partial charge is 0.494 e. The van der Waals surface area contributed by atoms with Gasteiger partial charge >= 0.3 is 0 Å². The average molecular weight is 267 g/mol. The molecule has 0 heterocycles. The van der Waals surface area contributed by atoms with Crippen molar-refractivity contribution in [2.24, 2.45) is 0 Å². The molecule has 2 aromatic rings. The molecule has 20 heavy (non-hydrogen) atoms. The fraction of sp³-hybridized carbons (Fsp3) is 0.333. The average Bonchev–Trinajstić information content (AvgIpc) is 2.90. The summed E-state index contributed by atoms with van der Waals surface area (Å²) >= 11 is 0. The van der Waals surface area contributed by atoms with Crippen LogP contribution in [0, 0.1) is 0 Å². The molecule has 0 spiro atoms. The molecule has 1 aliphatic rings. The first-order chi connectivity index (χ1) is 9.86. The van der Waals surface area contributed by atoms with Gasteiger partial charge in [-0.1, -0.05) is 36.4 Å². The number of hydrogen-bond acceptors (Lipinski definition) is 2. The summed E-state index contributed by atoms with van der Waals surface area (Å²) in [6, 6.07) is 17.6. The summed E-state index contributed by atoms with van der Waals surface area (Å²) in [6.45, 7) is 3.63. The first-order valence-corrected chi connectivity index (χ1v) is 7.39. The number of rotatable bonds is 5. The van der Waals surface area contributed by atoms with E-state index in [1.165, 1.54) is 29.5 Å². The van der Waals surface area contributed by atoms with E-state index in [0.717, 1.165) is 18.9 Å². The van der Waals surface area contributed by atoms with Crippen LogP contribution in [0.15, 0.2) is 48.5 Å². The van der Waals surface area contributed by atoms with Crippen LogP contribution in [0.25, 0.3) is 0 Å². The van der Waals surface area contributed by atoms with Gasteiger partial charge in [-0.25, -0.2) is 0 Å². The van der Waals surface area contributed by atoms with Crippen molar-refractivity contribution in [2.45, 2.75) is 32.4 Å². The molecule has 0 saturated heterocycles. The molecule has 1 N–H and O–H groups in total. The molecule has 0 radical (unpaired) electrons. The minimum Gasteiger partial charge on any atom is -0.494 e. The smallest absolute Gasteiger partial charge is 0.119 e. The summed E-state index contributed by atoms with van der Waals surface area (Å²) in [4.78, 5) is 0. The van der Waals surface area contributed by atoms with Gasteiger partial charge in [0.2, 0.25) is 0 Å². The molecule has 0 bridgehead atoms. The maximum Gasteiger partial charge on any atom is 0.119 e. The lowest BCUT2D eigenvalue weighted by atomic mass is 10.1. The number of fused-ring (bicyclic) bond motifs is 1. The predicted molar refractivity (Wildman–Crippen MR) is 82.0 cm³/mol. The van der Waals surface area contributed by atoms with Crippen LogP contribution in [0.1, 0.15) is 36.1 Å². The standard InChI is InChI=1S/C18H21NO/c1-2-20-16-10-7-14(8-11-16)13-19-18-12-9-15-5-3-4-6-17(15)18/h3-8,10-11,18-19H,2,9,12-13H2,1H3. The van der Waals surface area contributed by atoms with Crippen molar-refractivity contribution >= 4 is 0 Å². The Morgan fingerprint density at radius 3 is 2.70 bits per heavy atom. The van der Waals surface area contributed by atoms with E-state index in [4.69, 9.17) is 4.74 Å². The van der Waals surface area contributed by atoms with Crippen molar-refractivity contribution in [3.63, 3.8) is 0 Å². The molecule has 3 rings (SSSR count). The van der Waals surface area contributed by atoms with Crippen molar-refractivity contribution in [3.8, 4) is 5.75 Å². The highest BCUT2D eigenvalue weighted by Gasteiger charge is 2.20. The van der Waals surface area contributed by atoms with Gasteiger partial charge in [-0.2, -0.15) is 0 Å². The normalized spacial score (nSPS) is 16.9. The van der Waals surface area contributed by atoms with Crippen LogP contribution in [0.5, 0.6) is 5.75 Å². The Morgan fingerprint density at radius 1 is 1.10 bits per heavy atom. The lowest BCUT2D eigenvalue weighted by Crippen LogP contribution is -2.18. The quantitative estimate of drug-likeness (QED) is 0.888. The molecule has 1 unspecified atom stereocenters. The third kappa shape index (κ3) is 2.86. The Bertz CT molecular complexity index is 562. The molecule has 2 aromatic carbocycles. The maximum absolute atomic E-state index is 5.46. The monoisotopic (exact) mass is 267 g/mol. The van der Waals surface area contributed by atoms with Crippen LogP contribution in [0.2, 0.25) is 0 Å². The predicted octanol–water partition coefficient (Wildman–Crippen LogP) is 3.86. The molecule has 2 heteroatoms. The molecule has 0 aliphatic heterocycles. The van der Waals surface area contributed by atoms with E-state index in [1.54, 1.807) is 0 Å². The summed E-state index contributed by atoms with van der Waals surface area (Å²) < 4.78 is 5.46. The Balaban J connectivity index is 1.60. The zero-order chi connectivity index (χ0) is 13.8. The van der Waals surface area contributed by atoms with Gasteiger partial charge in [-0.3, -0.25) is 0 Å². The molecular weight excluding hydrogens is 246 g/mol. The van der Waals surface area contributed by atoms with Crippen LogP contribution >= 0.6 is 0 Å². The zero-order valence-corrected chi connectivity index (χ0v) is 11.9. The second-order valence-corrected chi connectivity index (χ2v) is 5.25. The second-order valence-electron chi connectivity index (χ2n) is 5.25. The van der Waals surface area contributed by atoms with E-state index < -0.39 is 0 Å². The van der Waals surface area contributed by atoms with E-state index in [0.29, 0.717) is 6.04 Å². The lowest BCUT2D eigenvalue weighted by molar-refractivity contribution is 0.340. The van der Waals surface area contributed by atoms with Crippen molar-refractivity contribution in [1.82, 2.24) is 5.32 Å². The van der Waals surface area contributed by atoms with Crippen LogP contribution in [0.3, 0.4) is 0 Å². The van der Waals surface area contributed by atoms with E-state index in [-0.39, 0.29) is 0 Å². The number of hydrogen-bond donors (Lipinski definition) is 1. The summed E-state index contributed by atoms with van der Waals surface area (Å²) in [6.07, 6.45) is 2.40. The third-order valence-electron chi connectivity index (χ3n) is 3.92. The summed E-state index contributed by atoms with van der Waals surface area (Å²) in [5, 5.41) is 3.66. The van der Waals surface area contributed by atoms with Crippen molar-refractivity contribution < 1.29 is 4.74 Å². The van der Waals surface area contributed by atoms with Crippen molar-refractivity contribution in [1.29, 1.82) is 0 Å². The van der Waals surface area contributed by atoms with Crippen molar-refractivity contribution in [2.75, 3.05) is 6.61 Å². The number of benzene rings is 2. The first-order valence-electron chi connectivity index (χ1n) is 7.39.